The van der Waals surface area contributed by atoms with Gasteiger partial charge in [-0.3, -0.25) is 9.78 Å². The second-order valence-corrected chi connectivity index (χ2v) is 4.58. The van der Waals surface area contributed by atoms with Crippen LogP contribution in [-0.4, -0.2) is 17.4 Å². The third-order valence-corrected chi connectivity index (χ3v) is 3.07. The molecule has 0 bridgehead atoms. The highest BCUT2D eigenvalue weighted by atomic mass is 35.5. The van der Waals surface area contributed by atoms with Gasteiger partial charge in [-0.1, -0.05) is 18.2 Å². The van der Waals surface area contributed by atoms with Crippen LogP contribution >= 0.6 is 24.8 Å². The Morgan fingerprint density at radius 1 is 1.09 bits per heavy atom. The third kappa shape index (κ3) is 6.43. The van der Waals surface area contributed by atoms with Crippen LogP contribution in [0.2, 0.25) is 0 Å². The van der Waals surface area contributed by atoms with Gasteiger partial charge in [0.25, 0.3) is 5.91 Å². The third-order valence-electron chi connectivity index (χ3n) is 3.07. The van der Waals surface area contributed by atoms with E-state index in [9.17, 15) is 4.79 Å². The van der Waals surface area contributed by atoms with Crippen LogP contribution in [0.4, 0.5) is 0 Å². The molecule has 0 spiro atoms. The number of hydrogen-bond donors (Lipinski definition) is 2. The molecular weight excluding hydrogens is 321 g/mol. The van der Waals surface area contributed by atoms with Crippen LogP contribution in [0.25, 0.3) is 0 Å². The molecule has 1 aromatic carbocycles. The van der Waals surface area contributed by atoms with Crippen LogP contribution in [-0.2, 0) is 13.0 Å². The van der Waals surface area contributed by atoms with Crippen LogP contribution in [0.1, 0.15) is 28.0 Å². The van der Waals surface area contributed by atoms with Gasteiger partial charge in [0.2, 0.25) is 0 Å². The normalized spacial score (nSPS) is 9.32. The van der Waals surface area contributed by atoms with Crippen LogP contribution < -0.4 is 11.1 Å². The van der Waals surface area contributed by atoms with Crippen LogP contribution in [0.3, 0.4) is 0 Å². The van der Waals surface area contributed by atoms with Crippen LogP contribution in [0.15, 0.2) is 48.7 Å². The summed E-state index contributed by atoms with van der Waals surface area (Å²) in [6.45, 7) is 1.14. The predicted molar refractivity (Wildman–Crippen MR) is 93.7 cm³/mol. The van der Waals surface area contributed by atoms with Gasteiger partial charge in [0, 0.05) is 30.5 Å². The molecule has 0 unspecified atom stereocenters. The molecule has 0 saturated carbocycles. The summed E-state index contributed by atoms with van der Waals surface area (Å²) in [6.07, 6.45) is 3.53. The number of nitrogens with zero attached hydrogens (tertiary/aromatic N) is 1. The van der Waals surface area contributed by atoms with Crippen molar-refractivity contribution in [3.8, 4) is 0 Å². The summed E-state index contributed by atoms with van der Waals surface area (Å²) in [4.78, 5) is 16.1. The number of aryl methyl sites for hydroxylation is 1. The number of benzene rings is 1. The van der Waals surface area contributed by atoms with E-state index >= 15 is 0 Å². The summed E-state index contributed by atoms with van der Waals surface area (Å²) in [5.41, 5.74) is 8.26. The molecule has 0 atom stereocenters. The Morgan fingerprint density at radius 3 is 2.41 bits per heavy atom. The van der Waals surface area contributed by atoms with Crippen molar-refractivity contribution in [1.29, 1.82) is 0 Å². The molecule has 0 saturated heterocycles. The number of carbonyl (C=O) groups is 1. The maximum Gasteiger partial charge on any atom is 0.251 e. The molecular formula is C16H21Cl2N3O. The van der Waals surface area contributed by atoms with Crippen molar-refractivity contribution in [3.05, 3.63) is 65.5 Å². The highest BCUT2D eigenvalue weighted by molar-refractivity contribution is 5.94. The number of nitrogens with one attached hydrogen (secondary N) is 1. The van der Waals surface area contributed by atoms with Crippen molar-refractivity contribution in [2.24, 2.45) is 5.73 Å². The van der Waals surface area contributed by atoms with E-state index < -0.39 is 0 Å². The maximum absolute atomic E-state index is 11.9. The summed E-state index contributed by atoms with van der Waals surface area (Å²) < 4.78 is 0. The van der Waals surface area contributed by atoms with Crippen molar-refractivity contribution in [2.75, 3.05) is 6.54 Å². The highest BCUT2D eigenvalue weighted by Gasteiger charge is 2.04. The molecule has 22 heavy (non-hydrogen) atoms. The largest absolute Gasteiger partial charge is 0.352 e. The second-order valence-electron chi connectivity index (χ2n) is 4.58. The number of nitrogens with two attached hydrogens (primary N) is 1. The molecule has 0 aliphatic heterocycles. The number of hydrogen-bond acceptors (Lipinski definition) is 3. The fourth-order valence-electron chi connectivity index (χ4n) is 1.91. The van der Waals surface area contributed by atoms with Gasteiger partial charge in [0.15, 0.2) is 0 Å². The molecule has 1 aromatic heterocycles. The summed E-state index contributed by atoms with van der Waals surface area (Å²) in [7, 11) is 0. The molecule has 0 fully saturated rings. The van der Waals surface area contributed by atoms with Gasteiger partial charge < -0.3 is 11.1 Å². The lowest BCUT2D eigenvalue weighted by molar-refractivity contribution is 0.0953. The second kappa shape index (κ2) is 11.0. The van der Waals surface area contributed by atoms with E-state index in [0.717, 1.165) is 24.1 Å². The van der Waals surface area contributed by atoms with Crippen molar-refractivity contribution in [1.82, 2.24) is 10.3 Å². The lowest BCUT2D eigenvalue weighted by atomic mass is 10.1. The van der Waals surface area contributed by atoms with Gasteiger partial charge in [-0.05, 0) is 42.7 Å². The quantitative estimate of drug-likeness (QED) is 0.793. The molecule has 2 aromatic rings. The van der Waals surface area contributed by atoms with E-state index in [0.29, 0.717) is 18.7 Å². The van der Waals surface area contributed by atoms with Gasteiger partial charge in [-0.25, -0.2) is 0 Å². The topological polar surface area (TPSA) is 68.0 Å². The van der Waals surface area contributed by atoms with E-state index in [4.69, 9.17) is 5.73 Å². The molecule has 3 N–H and O–H groups in total. The average molecular weight is 342 g/mol. The minimum atomic E-state index is -0.0467. The van der Waals surface area contributed by atoms with Crippen LogP contribution in [0, 0.1) is 0 Å². The van der Waals surface area contributed by atoms with Gasteiger partial charge in [-0.2, -0.15) is 0 Å². The van der Waals surface area contributed by atoms with Gasteiger partial charge in [-0.15, -0.1) is 24.8 Å². The van der Waals surface area contributed by atoms with Crippen molar-refractivity contribution >= 4 is 30.7 Å². The summed E-state index contributed by atoms with van der Waals surface area (Å²) in [5, 5.41) is 2.91. The summed E-state index contributed by atoms with van der Waals surface area (Å²) in [5.74, 6) is -0.0467. The van der Waals surface area contributed by atoms with Crippen molar-refractivity contribution < 1.29 is 4.79 Å². The molecule has 0 radical (unpaired) electrons. The van der Waals surface area contributed by atoms with E-state index in [1.54, 1.807) is 18.3 Å². The molecule has 4 nitrogen and oxygen atoms in total. The monoisotopic (exact) mass is 341 g/mol. The van der Waals surface area contributed by atoms with Gasteiger partial charge in [0.05, 0.1) is 0 Å². The number of rotatable bonds is 6. The van der Waals surface area contributed by atoms with E-state index in [1.807, 2.05) is 30.3 Å². The lowest BCUT2D eigenvalue weighted by Gasteiger charge is -2.06. The first-order valence-corrected chi connectivity index (χ1v) is 6.76. The van der Waals surface area contributed by atoms with E-state index in [1.165, 1.54) is 0 Å². The molecule has 1 amide bonds. The Bertz CT molecular complexity index is 547. The minimum absolute atomic E-state index is 0. The molecule has 120 valence electrons. The number of amides is 1. The number of pyridine rings is 1. The molecule has 0 aliphatic rings. The first-order valence-electron chi connectivity index (χ1n) is 6.76. The Labute approximate surface area is 143 Å². The zero-order chi connectivity index (χ0) is 14.2. The zero-order valence-corrected chi connectivity index (χ0v) is 13.8. The SMILES string of the molecule is Cl.Cl.NCc1ccc(C(=O)NCCCc2ccccn2)cc1. The average Bonchev–Trinajstić information content (AvgIpc) is 2.52. The molecule has 6 heteroatoms. The molecule has 0 aliphatic carbocycles. The number of carbonyl (C=O) groups excluding carboxylic acids is 1. The zero-order valence-electron chi connectivity index (χ0n) is 12.2. The molecule has 1 heterocycles. The summed E-state index contributed by atoms with van der Waals surface area (Å²) >= 11 is 0. The van der Waals surface area contributed by atoms with Crippen molar-refractivity contribution in [3.63, 3.8) is 0 Å². The first kappa shape index (κ1) is 20.4. The predicted octanol–water partition coefficient (Wildman–Crippen LogP) is 2.75. The standard InChI is InChI=1S/C16H19N3O.2ClH/c17-12-13-6-8-14(9-7-13)16(20)19-11-3-5-15-4-1-2-10-18-15;;/h1-2,4,6-10H,3,5,11-12,17H2,(H,19,20);2*1H. The fourth-order valence-corrected chi connectivity index (χ4v) is 1.91. The van der Waals surface area contributed by atoms with E-state index in [2.05, 4.69) is 10.3 Å². The Hall–Kier alpha value is -1.62. The van der Waals surface area contributed by atoms with Crippen molar-refractivity contribution in [2.45, 2.75) is 19.4 Å². The highest BCUT2D eigenvalue weighted by Crippen LogP contribution is 2.04. The van der Waals surface area contributed by atoms with E-state index in [-0.39, 0.29) is 30.7 Å². The lowest BCUT2D eigenvalue weighted by Crippen LogP contribution is -2.24. The Balaban J connectivity index is 0.00000220. The Kier molecular flexibility index (Phi) is 10.2. The minimum Gasteiger partial charge on any atom is -0.352 e. The first-order chi connectivity index (χ1) is 9.79. The van der Waals surface area contributed by atoms with Crippen LogP contribution in [0.5, 0.6) is 0 Å². The Morgan fingerprint density at radius 2 is 1.82 bits per heavy atom. The number of halogens is 2. The summed E-state index contributed by atoms with van der Waals surface area (Å²) in [6, 6.07) is 13.2. The molecule has 2 rings (SSSR count). The fraction of sp³-hybridized carbons (Fsp3) is 0.250. The van der Waals surface area contributed by atoms with Gasteiger partial charge >= 0.3 is 0 Å². The smallest absolute Gasteiger partial charge is 0.251 e. The number of aromatic nitrogens is 1. The van der Waals surface area contributed by atoms with Gasteiger partial charge in [0.1, 0.15) is 0 Å². The maximum atomic E-state index is 11.9.